The van der Waals surface area contributed by atoms with Gasteiger partial charge in [0.1, 0.15) is 18.0 Å². The number of allylic oxidation sites excluding steroid dienone is 2. The number of nitrogens with zero attached hydrogens (tertiary/aromatic N) is 1. The zero-order chi connectivity index (χ0) is 27.7. The van der Waals surface area contributed by atoms with Gasteiger partial charge in [0, 0.05) is 22.3 Å². The van der Waals surface area contributed by atoms with Gasteiger partial charge in [0.15, 0.2) is 0 Å². The van der Waals surface area contributed by atoms with Crippen LogP contribution < -0.4 is 20.6 Å². The zero-order valence-corrected chi connectivity index (χ0v) is 22.9. The molecule has 5 aromatic rings. The maximum atomic E-state index is 6.64. The molecule has 3 nitrogen and oxygen atoms in total. The summed E-state index contributed by atoms with van der Waals surface area (Å²) in [5.74, 6) is 1.09. The molecule has 0 aromatic heterocycles. The van der Waals surface area contributed by atoms with E-state index >= 15 is 0 Å². The number of hydrogen-bond acceptors (Lipinski definition) is 3. The van der Waals surface area contributed by atoms with Crippen LogP contribution in [0.4, 0.5) is 0 Å². The largest absolute Gasteiger partial charge is 0.485 e. The third-order valence-electron chi connectivity index (χ3n) is 9.38. The molecule has 1 N–H and O–H groups in total. The quantitative estimate of drug-likeness (QED) is 0.274. The lowest BCUT2D eigenvalue weighted by Gasteiger charge is -2.47. The highest BCUT2D eigenvalue weighted by molar-refractivity contribution is 5.92. The Morgan fingerprint density at radius 2 is 1.33 bits per heavy atom. The van der Waals surface area contributed by atoms with E-state index in [1.54, 1.807) is 0 Å². The molecular weight excluding hydrogens is 512 g/mol. The Morgan fingerprint density at radius 1 is 0.619 bits per heavy atom. The minimum absolute atomic E-state index is 0.0463. The van der Waals surface area contributed by atoms with Crippen LogP contribution in [0.25, 0.3) is 16.8 Å². The van der Waals surface area contributed by atoms with Crippen molar-refractivity contribution >= 4 is 5.70 Å². The van der Waals surface area contributed by atoms with Crippen molar-refractivity contribution < 1.29 is 4.74 Å². The maximum Gasteiger partial charge on any atom is 0.145 e. The van der Waals surface area contributed by atoms with Crippen molar-refractivity contribution in [1.82, 2.24) is 5.32 Å². The summed E-state index contributed by atoms with van der Waals surface area (Å²) in [6.45, 7) is 0. The van der Waals surface area contributed by atoms with Crippen molar-refractivity contribution in [3.63, 3.8) is 0 Å². The highest BCUT2D eigenvalue weighted by Gasteiger charge is 2.56. The van der Waals surface area contributed by atoms with Gasteiger partial charge in [-0.2, -0.15) is 0 Å². The van der Waals surface area contributed by atoms with Gasteiger partial charge in [-0.1, -0.05) is 127 Å². The van der Waals surface area contributed by atoms with E-state index in [0.29, 0.717) is 0 Å². The Labute approximate surface area is 244 Å². The predicted molar refractivity (Wildman–Crippen MR) is 166 cm³/mol. The maximum absolute atomic E-state index is 6.64. The number of nitrogens with one attached hydrogen (secondary N) is 1. The molecular formula is C39H28N2O. The molecule has 1 spiro atoms. The second-order valence-corrected chi connectivity index (χ2v) is 11.4. The highest BCUT2D eigenvalue weighted by Crippen LogP contribution is 2.62. The van der Waals surface area contributed by atoms with Gasteiger partial charge >= 0.3 is 0 Å². The van der Waals surface area contributed by atoms with E-state index in [-0.39, 0.29) is 23.6 Å². The summed E-state index contributed by atoms with van der Waals surface area (Å²) in [5.41, 5.74) is 9.57. The summed E-state index contributed by atoms with van der Waals surface area (Å²) in [4.78, 5) is 5.13. The van der Waals surface area contributed by atoms with E-state index < -0.39 is 0 Å². The molecule has 42 heavy (non-hydrogen) atoms. The van der Waals surface area contributed by atoms with Crippen LogP contribution >= 0.6 is 0 Å². The molecule has 9 rings (SSSR count). The minimum atomic E-state index is -0.374. The van der Waals surface area contributed by atoms with Crippen molar-refractivity contribution in [1.29, 1.82) is 0 Å². The van der Waals surface area contributed by atoms with Crippen molar-refractivity contribution in [2.45, 2.75) is 17.7 Å². The molecule has 5 aromatic carbocycles. The van der Waals surface area contributed by atoms with Crippen molar-refractivity contribution in [2.75, 3.05) is 0 Å². The first-order valence-electron chi connectivity index (χ1n) is 14.7. The average Bonchev–Trinajstić information content (AvgIpc) is 3.36. The number of para-hydroxylation sites is 2. The van der Waals surface area contributed by atoms with Gasteiger partial charge in [0.05, 0.1) is 16.5 Å². The second-order valence-electron chi connectivity index (χ2n) is 11.4. The zero-order valence-electron chi connectivity index (χ0n) is 22.9. The fourth-order valence-corrected chi connectivity index (χ4v) is 7.73. The summed E-state index contributed by atoms with van der Waals surface area (Å²) in [5, 5.41) is 6.01. The first kappa shape index (κ1) is 23.5. The minimum Gasteiger partial charge on any atom is -0.485 e. The third kappa shape index (κ3) is 3.14. The lowest BCUT2D eigenvalue weighted by molar-refractivity contribution is 0.141. The summed E-state index contributed by atoms with van der Waals surface area (Å²) in [7, 11) is 0. The summed E-state index contributed by atoms with van der Waals surface area (Å²) < 4.78 is 6.64. The standard InChI is InChI=1S/C39H28N2O/c1-2-13-25(14-3-1)38-40-33-22-9-5-16-27(33)37(41-38)28-17-12-21-32-36(28)26-15-4-6-18-29(26)39(32)30-19-7-10-23-34(30)42-35-24-11-8-20-31(35)39/h1-24,30,34,38,41H. The molecule has 3 heteroatoms. The van der Waals surface area contributed by atoms with Gasteiger partial charge in [-0.3, -0.25) is 4.99 Å². The van der Waals surface area contributed by atoms with Crippen LogP contribution in [0.1, 0.15) is 34.0 Å². The van der Waals surface area contributed by atoms with Gasteiger partial charge in [-0.25, -0.2) is 0 Å². The Balaban J connectivity index is 1.36. The molecule has 0 fully saturated rings. The van der Waals surface area contributed by atoms with Crippen LogP contribution in [-0.2, 0) is 5.41 Å². The predicted octanol–water partition coefficient (Wildman–Crippen LogP) is 6.58. The number of ether oxygens (including phenoxy) is 1. The topological polar surface area (TPSA) is 33.6 Å². The molecule has 200 valence electrons. The summed E-state index contributed by atoms with van der Waals surface area (Å²) in [6.07, 6.45) is 8.65. The number of rotatable bonds is 2. The molecule has 4 atom stereocenters. The average molecular weight is 541 g/mol. The van der Waals surface area contributed by atoms with E-state index in [2.05, 4.69) is 151 Å². The molecule has 0 amide bonds. The fourth-order valence-electron chi connectivity index (χ4n) is 7.73. The van der Waals surface area contributed by atoms with Gasteiger partial charge in [0.2, 0.25) is 0 Å². The van der Waals surface area contributed by atoms with Gasteiger partial charge < -0.3 is 10.1 Å². The van der Waals surface area contributed by atoms with E-state index in [9.17, 15) is 0 Å². The van der Waals surface area contributed by atoms with E-state index in [1.165, 1.54) is 33.4 Å². The van der Waals surface area contributed by atoms with Crippen LogP contribution in [0.2, 0.25) is 0 Å². The summed E-state index contributed by atoms with van der Waals surface area (Å²) >= 11 is 0. The highest BCUT2D eigenvalue weighted by atomic mass is 16.5. The Hall–Kier alpha value is -5.15. The molecule has 4 aliphatic rings. The van der Waals surface area contributed by atoms with Crippen molar-refractivity contribution in [2.24, 2.45) is 10.9 Å². The van der Waals surface area contributed by atoms with E-state index in [1.807, 2.05) is 0 Å². The monoisotopic (exact) mass is 540 g/mol. The Kier molecular flexibility index (Phi) is 5.00. The number of benzene rings is 5. The molecule has 2 aliphatic carbocycles. The fraction of sp³-hybridized carbons (Fsp3) is 0.103. The van der Waals surface area contributed by atoms with Crippen LogP contribution in [0.15, 0.2) is 151 Å². The Morgan fingerprint density at radius 3 is 2.26 bits per heavy atom. The molecule has 0 saturated carbocycles. The molecule has 0 saturated heterocycles. The molecule has 2 heterocycles. The van der Waals surface area contributed by atoms with Crippen LogP contribution in [0, 0.1) is 5.92 Å². The number of fused-ring (bicyclic) bond motifs is 10. The molecule has 4 unspecified atom stereocenters. The SMILES string of the molecule is C1=CC2Oc3ccccc3C3(c4ccccc4-c4c(C5=c6ccccc6=NC(c6ccccc6)N5)cccc43)C2C=C1. The van der Waals surface area contributed by atoms with Crippen LogP contribution in [-0.4, -0.2) is 6.10 Å². The normalized spacial score (nSPS) is 23.9. The van der Waals surface area contributed by atoms with Crippen molar-refractivity contribution in [3.05, 3.63) is 184 Å². The number of hydrogen-bond donors (Lipinski definition) is 1. The van der Waals surface area contributed by atoms with E-state index in [0.717, 1.165) is 27.6 Å². The van der Waals surface area contributed by atoms with E-state index in [4.69, 9.17) is 9.73 Å². The van der Waals surface area contributed by atoms with Crippen LogP contribution in [0.3, 0.4) is 0 Å². The van der Waals surface area contributed by atoms with Gasteiger partial charge in [0.25, 0.3) is 0 Å². The lowest BCUT2D eigenvalue weighted by Crippen LogP contribution is -2.47. The smallest absolute Gasteiger partial charge is 0.145 e. The first-order chi connectivity index (χ1) is 20.8. The second kappa shape index (κ2) is 8.92. The lowest BCUT2D eigenvalue weighted by atomic mass is 9.60. The first-order valence-corrected chi connectivity index (χ1v) is 14.7. The molecule has 2 aliphatic heterocycles. The van der Waals surface area contributed by atoms with Crippen LogP contribution in [0.5, 0.6) is 5.75 Å². The molecule has 0 bridgehead atoms. The summed E-state index contributed by atoms with van der Waals surface area (Å²) in [6, 6.07) is 43.5. The van der Waals surface area contributed by atoms with Gasteiger partial charge in [-0.15, -0.1) is 0 Å². The third-order valence-corrected chi connectivity index (χ3v) is 9.38. The van der Waals surface area contributed by atoms with Gasteiger partial charge in [-0.05, 0) is 46.0 Å². The van der Waals surface area contributed by atoms with Crippen molar-refractivity contribution in [3.8, 4) is 16.9 Å². The molecule has 0 radical (unpaired) electrons. The Bertz CT molecular complexity index is 2080.